The molecule has 7 aliphatic rings. The molecule has 12 N–H and O–H groups in total. The van der Waals surface area contributed by atoms with Crippen molar-refractivity contribution in [2.45, 2.75) is 223 Å². The molecule has 3 aliphatic heterocycles. The fourth-order valence-electron chi connectivity index (χ4n) is 15.1. The summed E-state index contributed by atoms with van der Waals surface area (Å²) >= 11 is 0. The summed E-state index contributed by atoms with van der Waals surface area (Å²) in [6.45, 7) is 15.7. The largest absolute Gasteiger partial charge is 0.394 e. The second-order valence-electron chi connectivity index (χ2n) is 23.3. The van der Waals surface area contributed by atoms with Gasteiger partial charge in [-0.3, -0.25) is 0 Å². The molecule has 0 radical (unpaired) electrons. The zero-order chi connectivity index (χ0) is 49.3. The molecule has 7 rings (SSSR count). The van der Waals surface area contributed by atoms with Gasteiger partial charge in [-0.25, -0.2) is 0 Å². The number of fused-ring (bicyclic) bond motifs is 5. The fourth-order valence-corrected chi connectivity index (χ4v) is 15.1. The molecule has 0 spiro atoms. The molecule has 0 aromatic heterocycles. The summed E-state index contributed by atoms with van der Waals surface area (Å²) in [5, 5.41) is 128. The van der Waals surface area contributed by atoms with Gasteiger partial charge in [0.15, 0.2) is 12.6 Å². The summed E-state index contributed by atoms with van der Waals surface area (Å²) in [6.07, 6.45) is -14.2. The Kier molecular flexibility index (Phi) is 16.2. The van der Waals surface area contributed by atoms with Crippen molar-refractivity contribution in [2.75, 3.05) is 26.4 Å². The van der Waals surface area contributed by atoms with Crippen LogP contribution in [0.25, 0.3) is 0 Å². The Labute approximate surface area is 395 Å². The molecular formula is C49H84O18. The van der Waals surface area contributed by atoms with Crippen molar-refractivity contribution in [3.05, 3.63) is 11.6 Å². The summed E-state index contributed by atoms with van der Waals surface area (Å²) in [4.78, 5) is 0. The highest BCUT2D eigenvalue weighted by Crippen LogP contribution is 2.76. The van der Waals surface area contributed by atoms with Gasteiger partial charge in [-0.05, 0) is 124 Å². The zero-order valence-corrected chi connectivity index (χ0v) is 40.7. The lowest BCUT2D eigenvalue weighted by atomic mass is 9.35. The monoisotopic (exact) mass is 961 g/mol. The van der Waals surface area contributed by atoms with Crippen molar-refractivity contribution >= 4 is 0 Å². The number of hydrogen-bond donors (Lipinski definition) is 12. The molecule has 18 nitrogen and oxygen atoms in total. The van der Waals surface area contributed by atoms with Crippen LogP contribution in [0.5, 0.6) is 0 Å². The Morgan fingerprint density at radius 1 is 0.612 bits per heavy atom. The van der Waals surface area contributed by atoms with Crippen molar-refractivity contribution in [1.82, 2.24) is 0 Å². The van der Waals surface area contributed by atoms with Crippen molar-refractivity contribution in [2.24, 2.45) is 45.3 Å². The van der Waals surface area contributed by atoms with Gasteiger partial charge in [-0.2, -0.15) is 0 Å². The number of hydrogen-bond acceptors (Lipinski definition) is 18. The fraction of sp³-hybridized carbons (Fsp3) is 0.959. The van der Waals surface area contributed by atoms with Crippen LogP contribution in [0.4, 0.5) is 0 Å². The molecule has 0 amide bonds. The lowest BCUT2D eigenvalue weighted by Crippen LogP contribution is -2.68. The van der Waals surface area contributed by atoms with E-state index in [4.69, 9.17) is 28.4 Å². The van der Waals surface area contributed by atoms with Gasteiger partial charge in [0.05, 0.1) is 44.2 Å². The van der Waals surface area contributed by atoms with Crippen molar-refractivity contribution in [1.29, 1.82) is 0 Å². The van der Waals surface area contributed by atoms with Gasteiger partial charge < -0.3 is 89.7 Å². The van der Waals surface area contributed by atoms with Gasteiger partial charge in [0.25, 0.3) is 0 Å². The molecule has 25 atom stereocenters. The van der Waals surface area contributed by atoms with Gasteiger partial charge >= 0.3 is 0 Å². The smallest absolute Gasteiger partial charge is 0.187 e. The average molecular weight is 961 g/mol. The predicted molar refractivity (Wildman–Crippen MR) is 238 cm³/mol. The third-order valence-corrected chi connectivity index (χ3v) is 19.1. The quantitative estimate of drug-likeness (QED) is 0.0807. The van der Waals surface area contributed by atoms with Crippen LogP contribution in [0.2, 0.25) is 0 Å². The van der Waals surface area contributed by atoms with Gasteiger partial charge in [-0.1, -0.05) is 46.3 Å². The van der Waals surface area contributed by atoms with E-state index in [1.165, 1.54) is 5.57 Å². The van der Waals surface area contributed by atoms with Crippen LogP contribution in [0.15, 0.2) is 11.6 Å². The maximum atomic E-state index is 12.7. The Morgan fingerprint density at radius 2 is 1.16 bits per heavy atom. The van der Waals surface area contributed by atoms with Crippen LogP contribution >= 0.6 is 0 Å². The molecule has 19 unspecified atom stereocenters. The van der Waals surface area contributed by atoms with E-state index in [1.54, 1.807) is 0 Å². The molecule has 4 saturated carbocycles. The summed E-state index contributed by atoms with van der Waals surface area (Å²) < 4.78 is 37.2. The molecule has 67 heavy (non-hydrogen) atoms. The second-order valence-corrected chi connectivity index (χ2v) is 23.3. The summed E-state index contributed by atoms with van der Waals surface area (Å²) in [7, 11) is 0. The van der Waals surface area contributed by atoms with Gasteiger partial charge in [0, 0.05) is 0 Å². The van der Waals surface area contributed by atoms with Crippen molar-refractivity contribution < 1.29 is 89.7 Å². The van der Waals surface area contributed by atoms with E-state index < -0.39 is 135 Å². The third kappa shape index (κ3) is 9.26. The van der Waals surface area contributed by atoms with E-state index in [9.17, 15) is 61.3 Å². The molecule has 4 aliphatic carbocycles. The Morgan fingerprint density at radius 3 is 1.78 bits per heavy atom. The molecule has 0 aromatic carbocycles. The van der Waals surface area contributed by atoms with Gasteiger partial charge in [0.2, 0.25) is 0 Å². The second kappa shape index (κ2) is 20.1. The highest BCUT2D eigenvalue weighted by Gasteiger charge is 2.72. The van der Waals surface area contributed by atoms with Crippen LogP contribution < -0.4 is 0 Å². The van der Waals surface area contributed by atoms with Gasteiger partial charge in [-0.15, -0.1) is 0 Å². The lowest BCUT2D eigenvalue weighted by Gasteiger charge is -2.71. The minimum atomic E-state index is -1.79. The topological polar surface area (TPSA) is 298 Å². The van der Waals surface area contributed by atoms with Crippen LogP contribution in [-0.4, -0.2) is 197 Å². The van der Waals surface area contributed by atoms with Crippen molar-refractivity contribution in [3.63, 3.8) is 0 Å². The van der Waals surface area contributed by atoms with E-state index in [0.717, 1.165) is 38.5 Å². The third-order valence-electron chi connectivity index (χ3n) is 19.1. The van der Waals surface area contributed by atoms with Crippen LogP contribution in [-0.2, 0) is 28.4 Å². The molecule has 3 heterocycles. The normalized spacial score (nSPS) is 51.8. The van der Waals surface area contributed by atoms with Crippen molar-refractivity contribution in [3.8, 4) is 0 Å². The van der Waals surface area contributed by atoms with Gasteiger partial charge in [0.1, 0.15) is 79.4 Å². The maximum Gasteiger partial charge on any atom is 0.187 e. The molecular weight excluding hydrogens is 877 g/mol. The number of aliphatic hydroxyl groups is 12. The summed E-state index contributed by atoms with van der Waals surface area (Å²) in [5.74, 6) is 0.0653. The first-order valence-electron chi connectivity index (χ1n) is 24.8. The molecule has 0 bridgehead atoms. The minimum Gasteiger partial charge on any atom is -0.394 e. The van der Waals surface area contributed by atoms with E-state index in [1.807, 2.05) is 13.8 Å². The lowest BCUT2D eigenvalue weighted by molar-refractivity contribution is -0.378. The Hall–Kier alpha value is -0.980. The SMILES string of the molecule is CC(C)=CCC[C@](C)(OCC1OC(CO)C(O)C(O)C1O)C1CC[C@]2(C)C1[C@H](O)CC1[C@@]3(C)CC[C@H](OC4OC(CO)C(O)C(O)C4OC4OC(CO)C(O)C(O)C4O)C(C)(C)C3CC[C@]12C. The van der Waals surface area contributed by atoms with E-state index in [0.29, 0.717) is 19.3 Å². The van der Waals surface area contributed by atoms with E-state index >= 15 is 0 Å². The number of aliphatic hydroxyl groups excluding tert-OH is 12. The molecule has 0 aromatic rings. The van der Waals surface area contributed by atoms with E-state index in [-0.39, 0.29) is 46.5 Å². The first-order valence-corrected chi connectivity index (χ1v) is 24.8. The van der Waals surface area contributed by atoms with Crippen LogP contribution in [0.3, 0.4) is 0 Å². The zero-order valence-electron chi connectivity index (χ0n) is 40.7. The standard InChI is InChI=1S/C49H84O18/c1-23(2)10-9-14-49(8,62-22-29-37(57)38(58)34(54)26(19-50)63-29)24-11-16-48(7)33(24)25(53)18-31-46(5)15-13-32(45(3,4)30(46)12-17-47(31,48)6)66-44-42(40(60)36(56)28(21-52)65-44)67-43-41(61)39(59)35(55)27(20-51)64-43/h10,24-44,50-61H,9,11-22H2,1-8H3/t24?,25-,26?,27?,28?,29?,30?,31?,32+,33?,34?,35?,36?,37?,38?,39?,40?,41?,42?,43?,44?,46+,47-,48-,49+/m1/s1. The first kappa shape index (κ1) is 53.8. The summed E-state index contributed by atoms with van der Waals surface area (Å²) in [5.41, 5.74) is -0.795. The minimum absolute atomic E-state index is 0.0583. The predicted octanol–water partition coefficient (Wildman–Crippen LogP) is 0.0157. The number of ether oxygens (including phenoxy) is 6. The Bertz CT molecular complexity index is 1700. The molecule has 18 heteroatoms. The molecule has 7 fully saturated rings. The highest BCUT2D eigenvalue weighted by atomic mass is 16.8. The summed E-state index contributed by atoms with van der Waals surface area (Å²) in [6, 6.07) is 0. The van der Waals surface area contributed by atoms with E-state index in [2.05, 4.69) is 47.6 Å². The maximum absolute atomic E-state index is 12.7. The number of allylic oxidation sites excluding steroid dienone is 2. The molecule has 388 valence electrons. The Balaban J connectivity index is 1.11. The highest BCUT2D eigenvalue weighted by molar-refractivity contribution is 5.20. The average Bonchev–Trinajstić information content (AvgIpc) is 3.67. The van der Waals surface area contributed by atoms with Crippen LogP contribution in [0, 0.1) is 45.3 Å². The number of rotatable bonds is 14. The van der Waals surface area contributed by atoms with Crippen LogP contribution in [0.1, 0.15) is 113 Å². The first-order chi connectivity index (χ1) is 31.3. The molecule has 3 saturated heterocycles.